The average molecular weight is 429 g/mol. The molecule has 0 radical (unpaired) electrons. The Morgan fingerprint density at radius 1 is 0.781 bits per heavy atom. The molecular weight excluding hydrogens is 400 g/mol. The normalized spacial score (nSPS) is 12.1. The van der Waals surface area contributed by atoms with E-state index in [4.69, 9.17) is 5.73 Å². The fourth-order valence-electron chi connectivity index (χ4n) is 3.37. The lowest BCUT2D eigenvalue weighted by Gasteiger charge is -2.19. The van der Waals surface area contributed by atoms with Crippen LogP contribution in [0.2, 0.25) is 0 Å². The molecule has 1 atom stereocenters. The van der Waals surface area contributed by atoms with Crippen LogP contribution in [0.4, 0.5) is 0 Å². The lowest BCUT2D eigenvalue weighted by Crippen LogP contribution is -2.45. The smallest absolute Gasteiger partial charge is 0.251 e. The minimum Gasteiger partial charge on any atom is -0.368 e. The highest BCUT2D eigenvalue weighted by atomic mass is 16.2. The number of primary amides is 1. The molecule has 3 N–H and O–H groups in total. The zero-order valence-electron chi connectivity index (χ0n) is 18.6. The summed E-state index contributed by atoms with van der Waals surface area (Å²) in [5.41, 5.74) is 9.06. The Labute approximate surface area is 188 Å². The molecule has 2 amide bonds. The van der Waals surface area contributed by atoms with E-state index in [9.17, 15) is 14.4 Å². The SMILES string of the molecule is CC(C)(C)c1ccc(C(=O)N[C@H](Cc2ccc(C(=O)c3ccccc3)cc2)C(N)=O)cc1. The van der Waals surface area contributed by atoms with Crippen LogP contribution in [0.25, 0.3) is 0 Å². The number of rotatable bonds is 7. The van der Waals surface area contributed by atoms with Crippen LogP contribution in [0.1, 0.15) is 58.2 Å². The van der Waals surface area contributed by atoms with Crippen molar-refractivity contribution in [1.82, 2.24) is 5.32 Å². The first-order chi connectivity index (χ1) is 15.1. The largest absolute Gasteiger partial charge is 0.368 e. The van der Waals surface area contributed by atoms with Crippen LogP contribution in [-0.4, -0.2) is 23.6 Å². The molecule has 3 rings (SSSR count). The van der Waals surface area contributed by atoms with Crippen LogP contribution < -0.4 is 11.1 Å². The van der Waals surface area contributed by atoms with Gasteiger partial charge in [-0.3, -0.25) is 14.4 Å². The molecule has 0 bridgehead atoms. The highest BCUT2D eigenvalue weighted by Gasteiger charge is 2.21. The van der Waals surface area contributed by atoms with Crippen molar-refractivity contribution in [1.29, 1.82) is 0 Å². The highest BCUT2D eigenvalue weighted by molar-refractivity contribution is 6.09. The third-order valence-corrected chi connectivity index (χ3v) is 5.35. The topological polar surface area (TPSA) is 89.3 Å². The maximum atomic E-state index is 12.6. The van der Waals surface area contributed by atoms with Gasteiger partial charge in [-0.05, 0) is 28.7 Å². The van der Waals surface area contributed by atoms with Crippen LogP contribution in [0, 0.1) is 0 Å². The third kappa shape index (κ3) is 5.70. The second-order valence-corrected chi connectivity index (χ2v) is 8.85. The summed E-state index contributed by atoms with van der Waals surface area (Å²) in [5, 5.41) is 2.72. The number of carbonyl (C=O) groups is 3. The molecule has 5 heteroatoms. The van der Waals surface area contributed by atoms with Gasteiger partial charge in [0.05, 0.1) is 0 Å². The minimum absolute atomic E-state index is 0.0151. The lowest BCUT2D eigenvalue weighted by atomic mass is 9.86. The number of nitrogens with two attached hydrogens (primary N) is 1. The monoisotopic (exact) mass is 428 g/mol. The zero-order chi connectivity index (χ0) is 23.3. The predicted octanol–water partition coefficient (Wildman–Crippen LogP) is 4.04. The fourth-order valence-corrected chi connectivity index (χ4v) is 3.37. The van der Waals surface area contributed by atoms with Crippen molar-refractivity contribution in [3.8, 4) is 0 Å². The first kappa shape index (κ1) is 22.9. The van der Waals surface area contributed by atoms with Gasteiger partial charge in [-0.15, -0.1) is 0 Å². The van der Waals surface area contributed by atoms with E-state index in [1.807, 2.05) is 30.3 Å². The summed E-state index contributed by atoms with van der Waals surface area (Å²) < 4.78 is 0. The standard InChI is InChI=1S/C27H28N2O3/c1-27(2,3)22-15-13-21(14-16-22)26(32)29-23(25(28)31)17-18-9-11-20(12-10-18)24(30)19-7-5-4-6-8-19/h4-16,23H,17H2,1-3H3,(H2,28,31)(H,29,32)/t23-/m1/s1. The second-order valence-electron chi connectivity index (χ2n) is 8.85. The number of hydrogen-bond donors (Lipinski definition) is 2. The van der Waals surface area contributed by atoms with E-state index in [0.717, 1.165) is 11.1 Å². The molecule has 0 aliphatic heterocycles. The first-order valence-electron chi connectivity index (χ1n) is 10.5. The molecule has 0 aromatic heterocycles. The molecule has 32 heavy (non-hydrogen) atoms. The summed E-state index contributed by atoms with van der Waals surface area (Å²) in [6.45, 7) is 6.30. The molecule has 0 fully saturated rings. The van der Waals surface area contributed by atoms with Crippen molar-refractivity contribution in [3.05, 3.63) is 107 Å². The van der Waals surface area contributed by atoms with Gasteiger partial charge in [0.15, 0.2) is 5.78 Å². The quantitative estimate of drug-likeness (QED) is 0.557. The number of carbonyl (C=O) groups excluding carboxylic acids is 3. The summed E-state index contributed by atoms with van der Waals surface area (Å²) in [6.07, 6.45) is 0.237. The minimum atomic E-state index is -0.861. The molecule has 0 aliphatic carbocycles. The first-order valence-corrected chi connectivity index (χ1v) is 10.5. The van der Waals surface area contributed by atoms with Crippen molar-refractivity contribution < 1.29 is 14.4 Å². The molecule has 0 unspecified atom stereocenters. The zero-order valence-corrected chi connectivity index (χ0v) is 18.6. The number of benzene rings is 3. The van der Waals surface area contributed by atoms with E-state index in [0.29, 0.717) is 16.7 Å². The molecule has 0 saturated heterocycles. The second kappa shape index (κ2) is 9.60. The highest BCUT2D eigenvalue weighted by Crippen LogP contribution is 2.22. The molecule has 5 nitrogen and oxygen atoms in total. The fraction of sp³-hybridized carbons (Fsp3) is 0.222. The number of nitrogens with one attached hydrogen (secondary N) is 1. The van der Waals surface area contributed by atoms with E-state index < -0.39 is 11.9 Å². The van der Waals surface area contributed by atoms with Crippen molar-refractivity contribution in [2.45, 2.75) is 38.6 Å². The Balaban J connectivity index is 1.68. The van der Waals surface area contributed by atoms with Crippen molar-refractivity contribution in [2.75, 3.05) is 0 Å². The predicted molar refractivity (Wildman–Crippen MR) is 126 cm³/mol. The maximum Gasteiger partial charge on any atom is 0.251 e. The van der Waals surface area contributed by atoms with Crippen molar-refractivity contribution in [2.24, 2.45) is 5.73 Å². The molecule has 0 saturated carbocycles. The van der Waals surface area contributed by atoms with Crippen LogP contribution in [0.15, 0.2) is 78.9 Å². The molecular formula is C27H28N2O3. The maximum absolute atomic E-state index is 12.6. The number of ketones is 1. The van der Waals surface area contributed by atoms with E-state index in [2.05, 4.69) is 26.1 Å². The summed E-state index contributed by atoms with van der Waals surface area (Å²) in [6, 6.07) is 22.5. The van der Waals surface area contributed by atoms with E-state index in [-0.39, 0.29) is 23.5 Å². The molecule has 0 aliphatic rings. The average Bonchev–Trinajstić information content (AvgIpc) is 2.78. The van der Waals surface area contributed by atoms with Gasteiger partial charge in [0.25, 0.3) is 5.91 Å². The van der Waals surface area contributed by atoms with Crippen LogP contribution in [0.3, 0.4) is 0 Å². The Bertz CT molecular complexity index is 1100. The van der Waals surface area contributed by atoms with E-state index in [1.54, 1.807) is 48.5 Å². The van der Waals surface area contributed by atoms with Gasteiger partial charge in [0.1, 0.15) is 6.04 Å². The Kier molecular flexibility index (Phi) is 6.89. The Morgan fingerprint density at radius 3 is 1.84 bits per heavy atom. The summed E-state index contributed by atoms with van der Waals surface area (Å²) in [4.78, 5) is 37.2. The van der Waals surface area contributed by atoms with Gasteiger partial charge in [-0.25, -0.2) is 0 Å². The van der Waals surface area contributed by atoms with Gasteiger partial charge < -0.3 is 11.1 Å². The summed E-state index contributed by atoms with van der Waals surface area (Å²) in [5.74, 6) is -1.05. The van der Waals surface area contributed by atoms with Gasteiger partial charge in [-0.2, -0.15) is 0 Å². The molecule has 0 spiro atoms. The Morgan fingerprint density at radius 2 is 1.31 bits per heavy atom. The molecule has 0 heterocycles. The van der Waals surface area contributed by atoms with Crippen molar-refractivity contribution in [3.63, 3.8) is 0 Å². The third-order valence-electron chi connectivity index (χ3n) is 5.35. The van der Waals surface area contributed by atoms with Gasteiger partial charge >= 0.3 is 0 Å². The number of hydrogen-bond acceptors (Lipinski definition) is 3. The van der Waals surface area contributed by atoms with Gasteiger partial charge in [-0.1, -0.05) is 87.5 Å². The van der Waals surface area contributed by atoms with Crippen LogP contribution in [-0.2, 0) is 16.6 Å². The summed E-state index contributed by atoms with van der Waals surface area (Å²) in [7, 11) is 0. The van der Waals surface area contributed by atoms with Gasteiger partial charge in [0.2, 0.25) is 5.91 Å². The Hall–Kier alpha value is -3.73. The lowest BCUT2D eigenvalue weighted by molar-refractivity contribution is -0.119. The van der Waals surface area contributed by atoms with E-state index in [1.165, 1.54) is 0 Å². The van der Waals surface area contributed by atoms with Crippen LogP contribution >= 0.6 is 0 Å². The van der Waals surface area contributed by atoms with Crippen molar-refractivity contribution >= 4 is 17.6 Å². The van der Waals surface area contributed by atoms with E-state index >= 15 is 0 Å². The molecule has 3 aromatic carbocycles. The molecule has 164 valence electrons. The van der Waals surface area contributed by atoms with Crippen LogP contribution in [0.5, 0.6) is 0 Å². The number of amides is 2. The summed E-state index contributed by atoms with van der Waals surface area (Å²) >= 11 is 0. The molecule has 3 aromatic rings. The van der Waals surface area contributed by atoms with Gasteiger partial charge in [0, 0.05) is 23.1 Å².